The smallest absolute Gasteiger partial charge is 0.330 e. The molecule has 1 atom stereocenters. The number of carboxylic acids is 1. The molecule has 25 heavy (non-hydrogen) atoms. The number of nitrogens with one attached hydrogen (secondary N) is 1. The highest BCUT2D eigenvalue weighted by atomic mass is 35.5. The lowest BCUT2D eigenvalue weighted by molar-refractivity contribution is -0.142. The summed E-state index contributed by atoms with van der Waals surface area (Å²) in [6.07, 6.45) is 2.39. The van der Waals surface area contributed by atoms with Crippen molar-refractivity contribution >= 4 is 33.3 Å². The first-order valence-electron chi connectivity index (χ1n) is 7.59. The average molecular weight is 390 g/mol. The fourth-order valence-corrected chi connectivity index (χ4v) is 4.58. The summed E-state index contributed by atoms with van der Waals surface area (Å²) in [5.41, 5.74) is -0.266. The Morgan fingerprint density at radius 3 is 2.48 bits per heavy atom. The van der Waals surface area contributed by atoms with Crippen molar-refractivity contribution in [2.24, 2.45) is 5.41 Å². The van der Waals surface area contributed by atoms with Crippen LogP contribution < -0.4 is 10.1 Å². The SMILES string of the molecule is COc1ccc(C(NC(=O)CC2(CS(C)(=O)=O)CC2)C(=O)O)cc1Cl. The van der Waals surface area contributed by atoms with E-state index >= 15 is 0 Å². The van der Waals surface area contributed by atoms with E-state index in [-0.39, 0.29) is 17.2 Å². The summed E-state index contributed by atoms with van der Waals surface area (Å²) in [5.74, 6) is -1.41. The van der Waals surface area contributed by atoms with E-state index in [4.69, 9.17) is 16.3 Å². The number of hydrogen-bond acceptors (Lipinski definition) is 5. The normalized spacial score (nSPS) is 16.8. The Hall–Kier alpha value is -1.80. The lowest BCUT2D eigenvalue weighted by Crippen LogP contribution is -2.36. The number of benzene rings is 1. The average Bonchev–Trinajstić information content (AvgIpc) is 3.21. The molecule has 0 radical (unpaired) electrons. The summed E-state index contributed by atoms with van der Waals surface area (Å²) in [5, 5.41) is 12.1. The van der Waals surface area contributed by atoms with Crippen molar-refractivity contribution in [3.05, 3.63) is 28.8 Å². The molecule has 1 aromatic carbocycles. The third-order valence-corrected chi connectivity index (χ3v) is 5.55. The second-order valence-electron chi connectivity index (χ2n) is 6.48. The van der Waals surface area contributed by atoms with Crippen molar-refractivity contribution in [3.63, 3.8) is 0 Å². The van der Waals surface area contributed by atoms with Crippen LogP contribution in [0.25, 0.3) is 0 Å². The highest BCUT2D eigenvalue weighted by Gasteiger charge is 2.47. The van der Waals surface area contributed by atoms with Gasteiger partial charge in [0.15, 0.2) is 6.04 Å². The van der Waals surface area contributed by atoms with Crippen LogP contribution in [0.1, 0.15) is 30.9 Å². The molecule has 1 saturated carbocycles. The summed E-state index contributed by atoms with van der Waals surface area (Å²) in [6, 6.07) is 3.17. The zero-order valence-electron chi connectivity index (χ0n) is 13.9. The molecule has 1 aromatic rings. The van der Waals surface area contributed by atoms with E-state index in [9.17, 15) is 23.1 Å². The number of halogens is 1. The van der Waals surface area contributed by atoms with Crippen molar-refractivity contribution in [2.45, 2.75) is 25.3 Å². The van der Waals surface area contributed by atoms with Crippen LogP contribution in [0.15, 0.2) is 18.2 Å². The van der Waals surface area contributed by atoms with E-state index in [1.165, 1.54) is 25.3 Å². The number of carboxylic acid groups (broad SMARTS) is 1. The van der Waals surface area contributed by atoms with E-state index in [1.54, 1.807) is 0 Å². The van der Waals surface area contributed by atoms with Gasteiger partial charge in [0.25, 0.3) is 0 Å². The quantitative estimate of drug-likeness (QED) is 0.701. The molecule has 7 nitrogen and oxygen atoms in total. The molecular weight excluding hydrogens is 370 g/mol. The maximum atomic E-state index is 12.3. The van der Waals surface area contributed by atoms with Gasteiger partial charge in [-0.1, -0.05) is 17.7 Å². The molecule has 1 aliphatic carbocycles. The van der Waals surface area contributed by atoms with Gasteiger partial charge in [0.2, 0.25) is 5.91 Å². The molecule has 138 valence electrons. The highest BCUT2D eigenvalue weighted by Crippen LogP contribution is 2.49. The number of hydrogen-bond donors (Lipinski definition) is 2. The first-order valence-corrected chi connectivity index (χ1v) is 10.0. The fraction of sp³-hybridized carbons (Fsp3) is 0.500. The van der Waals surface area contributed by atoms with Gasteiger partial charge in [-0.25, -0.2) is 13.2 Å². The lowest BCUT2D eigenvalue weighted by Gasteiger charge is -2.18. The molecule has 0 bridgehead atoms. The monoisotopic (exact) mass is 389 g/mol. The van der Waals surface area contributed by atoms with E-state index in [1.807, 2.05) is 0 Å². The summed E-state index contributed by atoms with van der Waals surface area (Å²) in [4.78, 5) is 23.8. The van der Waals surface area contributed by atoms with Crippen LogP contribution in [0.4, 0.5) is 0 Å². The summed E-state index contributed by atoms with van der Waals surface area (Å²) in [6.45, 7) is 0. The number of amides is 1. The third kappa shape index (κ3) is 5.34. The number of carbonyl (C=O) groups excluding carboxylic acids is 1. The Balaban J connectivity index is 2.10. The number of rotatable bonds is 8. The predicted molar refractivity (Wildman–Crippen MR) is 92.5 cm³/mol. The highest BCUT2D eigenvalue weighted by molar-refractivity contribution is 7.90. The fourth-order valence-electron chi connectivity index (χ4n) is 2.81. The topological polar surface area (TPSA) is 110 Å². The first-order chi connectivity index (χ1) is 11.6. The Bertz CT molecular complexity index is 788. The summed E-state index contributed by atoms with van der Waals surface area (Å²) < 4.78 is 27.9. The van der Waals surface area contributed by atoms with Crippen LogP contribution in [0, 0.1) is 5.41 Å². The lowest BCUT2D eigenvalue weighted by atomic mass is 10.0. The van der Waals surface area contributed by atoms with Crippen molar-refractivity contribution in [3.8, 4) is 5.75 Å². The maximum Gasteiger partial charge on any atom is 0.330 e. The minimum atomic E-state index is -3.20. The number of aliphatic carboxylic acids is 1. The summed E-state index contributed by atoms with van der Waals surface area (Å²) >= 11 is 6.01. The molecule has 1 amide bonds. The van der Waals surface area contributed by atoms with Gasteiger partial charge >= 0.3 is 5.97 Å². The van der Waals surface area contributed by atoms with Crippen LogP contribution in [-0.4, -0.2) is 44.5 Å². The summed E-state index contributed by atoms with van der Waals surface area (Å²) in [7, 11) is -1.76. The first kappa shape index (κ1) is 19.5. The van der Waals surface area contributed by atoms with Crippen molar-refractivity contribution in [1.82, 2.24) is 5.32 Å². The number of ether oxygens (including phenoxy) is 1. The van der Waals surface area contributed by atoms with E-state index in [0.29, 0.717) is 24.2 Å². The Labute approximate surface area is 151 Å². The molecule has 1 fully saturated rings. The zero-order chi connectivity index (χ0) is 18.8. The molecule has 0 spiro atoms. The zero-order valence-corrected chi connectivity index (χ0v) is 15.5. The molecule has 0 aliphatic heterocycles. The standard InChI is InChI=1S/C16H20ClNO6S/c1-24-12-4-3-10(7-11(12)17)14(15(20)21)18-13(19)8-16(5-6-16)9-25(2,22)23/h3-4,7,14H,5-6,8-9H2,1-2H3,(H,18,19)(H,20,21). The van der Waals surface area contributed by atoms with Gasteiger partial charge in [-0.15, -0.1) is 0 Å². The van der Waals surface area contributed by atoms with E-state index < -0.39 is 33.2 Å². The molecule has 9 heteroatoms. The second-order valence-corrected chi connectivity index (χ2v) is 9.03. The molecular formula is C16H20ClNO6S. The van der Waals surface area contributed by atoms with Crippen molar-refractivity contribution < 1.29 is 27.9 Å². The van der Waals surface area contributed by atoms with Crippen LogP contribution in [0.5, 0.6) is 5.75 Å². The van der Waals surface area contributed by atoms with Gasteiger partial charge in [-0.3, -0.25) is 4.79 Å². The van der Waals surface area contributed by atoms with Gasteiger partial charge in [0.05, 0.1) is 17.9 Å². The number of sulfone groups is 1. The van der Waals surface area contributed by atoms with Gasteiger partial charge in [-0.05, 0) is 36.0 Å². The Morgan fingerprint density at radius 2 is 2.04 bits per heavy atom. The minimum Gasteiger partial charge on any atom is -0.495 e. The van der Waals surface area contributed by atoms with Crippen LogP contribution in [0.2, 0.25) is 5.02 Å². The van der Waals surface area contributed by atoms with E-state index in [0.717, 1.165) is 6.26 Å². The van der Waals surface area contributed by atoms with Crippen LogP contribution in [0.3, 0.4) is 0 Å². The van der Waals surface area contributed by atoms with Crippen molar-refractivity contribution in [2.75, 3.05) is 19.1 Å². The molecule has 2 N–H and O–H groups in total. The molecule has 0 aromatic heterocycles. The number of methoxy groups -OCH3 is 1. The second kappa shape index (κ2) is 7.21. The Kier molecular flexibility index (Phi) is 5.63. The molecule has 0 heterocycles. The molecule has 0 saturated heterocycles. The van der Waals surface area contributed by atoms with Crippen LogP contribution >= 0.6 is 11.6 Å². The maximum absolute atomic E-state index is 12.3. The van der Waals surface area contributed by atoms with Gasteiger partial charge < -0.3 is 15.2 Å². The molecule has 1 aliphatic rings. The van der Waals surface area contributed by atoms with Crippen LogP contribution in [-0.2, 0) is 19.4 Å². The van der Waals surface area contributed by atoms with Gasteiger partial charge in [0, 0.05) is 12.7 Å². The van der Waals surface area contributed by atoms with Gasteiger partial charge in [0.1, 0.15) is 15.6 Å². The number of carbonyl (C=O) groups is 2. The molecule has 1 unspecified atom stereocenters. The largest absolute Gasteiger partial charge is 0.495 e. The Morgan fingerprint density at radius 1 is 1.40 bits per heavy atom. The van der Waals surface area contributed by atoms with Crippen molar-refractivity contribution in [1.29, 1.82) is 0 Å². The minimum absolute atomic E-state index is 0.0201. The van der Waals surface area contributed by atoms with E-state index in [2.05, 4.69) is 5.32 Å². The molecule has 2 rings (SSSR count). The third-order valence-electron chi connectivity index (χ3n) is 4.12. The predicted octanol–water partition coefficient (Wildman–Crippen LogP) is 1.81. The van der Waals surface area contributed by atoms with Gasteiger partial charge in [-0.2, -0.15) is 0 Å².